The van der Waals surface area contributed by atoms with Crippen LogP contribution in [0.5, 0.6) is 0 Å². The topological polar surface area (TPSA) is 58.3 Å². The summed E-state index contributed by atoms with van der Waals surface area (Å²) in [5.74, 6) is 2.36. The fraction of sp³-hybridized carbons (Fsp3) is 0.692. The van der Waals surface area contributed by atoms with E-state index in [1.807, 2.05) is 13.8 Å². The summed E-state index contributed by atoms with van der Waals surface area (Å²) in [6, 6.07) is 0. The molecule has 1 rings (SSSR count). The van der Waals surface area contributed by atoms with Crippen molar-refractivity contribution in [2.75, 3.05) is 44.9 Å². The van der Waals surface area contributed by atoms with Crippen LogP contribution in [0.15, 0.2) is 0 Å². The molecule has 0 amide bonds. The molecule has 0 radical (unpaired) electrons. The summed E-state index contributed by atoms with van der Waals surface area (Å²) in [6.45, 7) is 6.07. The standard InChI is InChI=1S/C13H25N5/c1-6-11-15-12(14)10(2)13(16-11)18(5)9-7-8-17(3)4/h6-9H2,1-5H3,(H2,14,15,16). The second-order valence-electron chi connectivity index (χ2n) is 4.91. The Morgan fingerprint density at radius 3 is 2.33 bits per heavy atom. The lowest BCUT2D eigenvalue weighted by atomic mass is 10.2. The highest BCUT2D eigenvalue weighted by molar-refractivity contribution is 5.56. The Hall–Kier alpha value is -1.36. The van der Waals surface area contributed by atoms with Crippen LogP contribution in [0.2, 0.25) is 0 Å². The van der Waals surface area contributed by atoms with Crippen molar-refractivity contribution in [3.63, 3.8) is 0 Å². The smallest absolute Gasteiger partial charge is 0.137 e. The zero-order valence-corrected chi connectivity index (χ0v) is 12.2. The lowest BCUT2D eigenvalue weighted by molar-refractivity contribution is 0.401. The van der Waals surface area contributed by atoms with E-state index in [0.29, 0.717) is 5.82 Å². The van der Waals surface area contributed by atoms with E-state index in [9.17, 15) is 0 Å². The van der Waals surface area contributed by atoms with Gasteiger partial charge >= 0.3 is 0 Å². The van der Waals surface area contributed by atoms with E-state index >= 15 is 0 Å². The molecule has 0 aliphatic rings. The Morgan fingerprint density at radius 2 is 1.78 bits per heavy atom. The minimum atomic E-state index is 0.594. The van der Waals surface area contributed by atoms with Crippen LogP contribution < -0.4 is 10.6 Å². The second kappa shape index (κ2) is 6.54. The number of aromatic nitrogens is 2. The van der Waals surface area contributed by atoms with E-state index in [1.54, 1.807) is 0 Å². The lowest BCUT2D eigenvalue weighted by Gasteiger charge is -2.22. The Balaban J connectivity index is 2.77. The number of hydrogen-bond acceptors (Lipinski definition) is 5. The maximum Gasteiger partial charge on any atom is 0.137 e. The van der Waals surface area contributed by atoms with Gasteiger partial charge in [-0.15, -0.1) is 0 Å². The summed E-state index contributed by atoms with van der Waals surface area (Å²) < 4.78 is 0. The molecule has 5 heteroatoms. The highest BCUT2D eigenvalue weighted by atomic mass is 15.2. The van der Waals surface area contributed by atoms with Crippen LogP contribution in [0.25, 0.3) is 0 Å². The third-order valence-corrected chi connectivity index (χ3v) is 2.98. The van der Waals surface area contributed by atoms with Gasteiger partial charge < -0.3 is 15.5 Å². The van der Waals surface area contributed by atoms with E-state index in [2.05, 4.69) is 40.9 Å². The van der Waals surface area contributed by atoms with Gasteiger partial charge in [-0.05, 0) is 34.0 Å². The quantitative estimate of drug-likeness (QED) is 0.826. The molecule has 0 bridgehead atoms. The predicted molar refractivity (Wildman–Crippen MR) is 77.0 cm³/mol. The van der Waals surface area contributed by atoms with Crippen LogP contribution in [-0.4, -0.2) is 49.1 Å². The Morgan fingerprint density at radius 1 is 1.11 bits per heavy atom. The van der Waals surface area contributed by atoms with E-state index in [-0.39, 0.29) is 0 Å². The van der Waals surface area contributed by atoms with Crippen molar-refractivity contribution < 1.29 is 0 Å². The molecule has 0 aliphatic heterocycles. The Labute approximate surface area is 110 Å². The molecule has 2 N–H and O–H groups in total. The van der Waals surface area contributed by atoms with Gasteiger partial charge in [-0.3, -0.25) is 0 Å². The van der Waals surface area contributed by atoms with E-state index < -0.39 is 0 Å². The van der Waals surface area contributed by atoms with Crippen LogP contribution in [-0.2, 0) is 6.42 Å². The van der Waals surface area contributed by atoms with Crippen LogP contribution in [0.1, 0.15) is 24.7 Å². The SMILES string of the molecule is CCc1nc(N)c(C)c(N(C)CCCN(C)C)n1. The largest absolute Gasteiger partial charge is 0.383 e. The first-order valence-electron chi connectivity index (χ1n) is 6.44. The van der Waals surface area contributed by atoms with Crippen LogP contribution in [0, 0.1) is 6.92 Å². The molecule has 0 fully saturated rings. The number of nitrogens with zero attached hydrogens (tertiary/aromatic N) is 4. The van der Waals surface area contributed by atoms with Crippen molar-refractivity contribution in [3.05, 3.63) is 11.4 Å². The molecule has 0 unspecified atom stereocenters. The number of hydrogen-bond donors (Lipinski definition) is 1. The van der Waals surface area contributed by atoms with Gasteiger partial charge in [0, 0.05) is 25.6 Å². The van der Waals surface area contributed by atoms with Crippen molar-refractivity contribution in [1.82, 2.24) is 14.9 Å². The zero-order chi connectivity index (χ0) is 13.7. The van der Waals surface area contributed by atoms with Crippen LogP contribution >= 0.6 is 0 Å². The summed E-state index contributed by atoms with van der Waals surface area (Å²) in [5, 5.41) is 0. The van der Waals surface area contributed by atoms with Crippen LogP contribution in [0.3, 0.4) is 0 Å². The number of nitrogen functional groups attached to an aromatic ring is 1. The first-order valence-corrected chi connectivity index (χ1v) is 6.44. The highest BCUT2D eigenvalue weighted by Gasteiger charge is 2.11. The molecule has 0 aliphatic carbocycles. The minimum Gasteiger partial charge on any atom is -0.383 e. The molecule has 0 saturated heterocycles. The number of nitrogens with two attached hydrogens (primary N) is 1. The molecule has 102 valence electrons. The molecule has 18 heavy (non-hydrogen) atoms. The maximum absolute atomic E-state index is 5.93. The normalized spacial score (nSPS) is 11.0. The summed E-state index contributed by atoms with van der Waals surface area (Å²) in [7, 11) is 6.23. The minimum absolute atomic E-state index is 0.594. The average molecular weight is 251 g/mol. The fourth-order valence-corrected chi connectivity index (χ4v) is 1.83. The first kappa shape index (κ1) is 14.7. The number of aryl methyl sites for hydroxylation is 1. The van der Waals surface area contributed by atoms with Gasteiger partial charge in [-0.25, -0.2) is 9.97 Å². The van der Waals surface area contributed by atoms with Crippen molar-refractivity contribution in [1.29, 1.82) is 0 Å². The predicted octanol–water partition coefficient (Wildman–Crippen LogP) is 1.32. The molecule has 1 heterocycles. The fourth-order valence-electron chi connectivity index (χ4n) is 1.83. The van der Waals surface area contributed by atoms with E-state index in [1.165, 1.54) is 0 Å². The van der Waals surface area contributed by atoms with Gasteiger partial charge in [0.05, 0.1) is 0 Å². The third-order valence-electron chi connectivity index (χ3n) is 2.98. The molecule has 1 aromatic heterocycles. The highest BCUT2D eigenvalue weighted by Crippen LogP contribution is 2.20. The Kier molecular flexibility index (Phi) is 5.34. The van der Waals surface area contributed by atoms with E-state index in [0.717, 1.165) is 43.1 Å². The van der Waals surface area contributed by atoms with E-state index in [4.69, 9.17) is 5.73 Å². The molecule has 0 atom stereocenters. The Bertz CT molecular complexity index is 389. The molecule has 5 nitrogen and oxygen atoms in total. The number of anilines is 2. The van der Waals surface area contributed by atoms with Gasteiger partial charge in [0.25, 0.3) is 0 Å². The molecular weight excluding hydrogens is 226 g/mol. The van der Waals surface area contributed by atoms with Crippen molar-refractivity contribution in [2.24, 2.45) is 0 Å². The third kappa shape index (κ3) is 3.84. The molecule has 0 saturated carbocycles. The lowest BCUT2D eigenvalue weighted by Crippen LogP contribution is -2.25. The summed E-state index contributed by atoms with van der Waals surface area (Å²) >= 11 is 0. The van der Waals surface area contributed by atoms with Crippen molar-refractivity contribution >= 4 is 11.6 Å². The average Bonchev–Trinajstić information content (AvgIpc) is 2.31. The molecule has 1 aromatic rings. The van der Waals surface area contributed by atoms with Crippen LogP contribution in [0.4, 0.5) is 11.6 Å². The number of rotatable bonds is 6. The maximum atomic E-state index is 5.93. The zero-order valence-electron chi connectivity index (χ0n) is 12.2. The summed E-state index contributed by atoms with van der Waals surface area (Å²) in [5.41, 5.74) is 6.90. The molecular formula is C13H25N5. The van der Waals surface area contributed by atoms with Gasteiger partial charge in [0.2, 0.25) is 0 Å². The van der Waals surface area contributed by atoms with Crippen molar-refractivity contribution in [2.45, 2.75) is 26.7 Å². The van der Waals surface area contributed by atoms with Gasteiger partial charge in [0.1, 0.15) is 17.5 Å². The van der Waals surface area contributed by atoms with Gasteiger partial charge in [-0.2, -0.15) is 0 Å². The summed E-state index contributed by atoms with van der Waals surface area (Å²) in [6.07, 6.45) is 1.91. The second-order valence-corrected chi connectivity index (χ2v) is 4.91. The first-order chi connectivity index (χ1) is 8.45. The molecule has 0 aromatic carbocycles. The molecule has 0 spiro atoms. The van der Waals surface area contributed by atoms with Crippen molar-refractivity contribution in [3.8, 4) is 0 Å². The van der Waals surface area contributed by atoms with Gasteiger partial charge in [-0.1, -0.05) is 6.92 Å². The summed E-state index contributed by atoms with van der Waals surface area (Å²) in [4.78, 5) is 13.2. The monoisotopic (exact) mass is 251 g/mol. The van der Waals surface area contributed by atoms with Gasteiger partial charge in [0.15, 0.2) is 0 Å².